The van der Waals surface area contributed by atoms with Crippen molar-refractivity contribution in [2.75, 3.05) is 13.2 Å². The lowest BCUT2D eigenvalue weighted by atomic mass is 9.91. The van der Waals surface area contributed by atoms with Crippen molar-refractivity contribution in [2.24, 2.45) is 5.92 Å². The Morgan fingerprint density at radius 2 is 1.84 bits per heavy atom. The van der Waals surface area contributed by atoms with E-state index in [1.807, 2.05) is 6.07 Å². The first kappa shape index (κ1) is 13.5. The molecular formula is C14H17NO4. The van der Waals surface area contributed by atoms with Gasteiger partial charge < -0.3 is 15.2 Å². The van der Waals surface area contributed by atoms with Crippen molar-refractivity contribution in [3.05, 3.63) is 35.9 Å². The van der Waals surface area contributed by atoms with Crippen LogP contribution in [0.3, 0.4) is 0 Å². The quantitative estimate of drug-likeness (QED) is 0.858. The lowest BCUT2D eigenvalue weighted by Crippen LogP contribution is -2.47. The summed E-state index contributed by atoms with van der Waals surface area (Å²) in [6.45, 7) is 1.10. The predicted octanol–water partition coefficient (Wildman–Crippen LogP) is 1.30. The molecule has 2 N–H and O–H groups in total. The third kappa shape index (κ3) is 3.54. The normalized spacial score (nSPS) is 17.7. The Bertz CT molecular complexity index is 440. The first-order valence-electron chi connectivity index (χ1n) is 6.35. The second-order valence-corrected chi connectivity index (χ2v) is 4.61. The van der Waals surface area contributed by atoms with E-state index in [4.69, 9.17) is 4.74 Å². The SMILES string of the molecule is O=C(NC(C(=O)O)C1CCOCC1)c1ccccc1. The van der Waals surface area contributed by atoms with Gasteiger partial charge in [-0.1, -0.05) is 18.2 Å². The minimum atomic E-state index is -0.990. The van der Waals surface area contributed by atoms with E-state index in [1.165, 1.54) is 0 Å². The van der Waals surface area contributed by atoms with Crippen molar-refractivity contribution >= 4 is 11.9 Å². The van der Waals surface area contributed by atoms with Crippen LogP contribution in [-0.2, 0) is 9.53 Å². The summed E-state index contributed by atoms with van der Waals surface area (Å²) in [6, 6.07) is 7.79. The molecule has 0 bridgehead atoms. The Morgan fingerprint density at radius 1 is 1.21 bits per heavy atom. The van der Waals surface area contributed by atoms with E-state index in [2.05, 4.69) is 5.32 Å². The number of carboxylic acids is 1. The number of rotatable bonds is 4. The Kier molecular flexibility index (Phi) is 4.52. The molecule has 0 aromatic heterocycles. The lowest BCUT2D eigenvalue weighted by molar-refractivity contribution is -0.141. The van der Waals surface area contributed by atoms with Gasteiger partial charge in [-0.05, 0) is 30.9 Å². The van der Waals surface area contributed by atoms with Crippen molar-refractivity contribution in [1.29, 1.82) is 0 Å². The summed E-state index contributed by atoms with van der Waals surface area (Å²) in [5, 5.41) is 11.9. The molecule has 5 nitrogen and oxygen atoms in total. The van der Waals surface area contributed by atoms with Crippen LogP contribution < -0.4 is 5.32 Å². The second kappa shape index (κ2) is 6.33. The number of hydrogen-bond donors (Lipinski definition) is 2. The topological polar surface area (TPSA) is 75.6 Å². The average molecular weight is 263 g/mol. The van der Waals surface area contributed by atoms with E-state index in [-0.39, 0.29) is 11.8 Å². The maximum atomic E-state index is 12.0. The first-order chi connectivity index (χ1) is 9.18. The molecule has 0 aliphatic carbocycles. The molecule has 5 heteroatoms. The maximum absolute atomic E-state index is 12.0. The molecule has 0 radical (unpaired) electrons. The summed E-state index contributed by atoms with van der Waals surface area (Å²) in [7, 11) is 0. The number of amides is 1. The molecule has 0 saturated carbocycles. The van der Waals surface area contributed by atoms with Crippen LogP contribution in [0.15, 0.2) is 30.3 Å². The highest BCUT2D eigenvalue weighted by molar-refractivity contribution is 5.96. The van der Waals surface area contributed by atoms with Gasteiger partial charge in [-0.25, -0.2) is 4.79 Å². The Balaban J connectivity index is 2.04. The monoisotopic (exact) mass is 263 g/mol. The number of carbonyl (C=O) groups is 2. The molecule has 1 aliphatic rings. The van der Waals surface area contributed by atoms with Crippen LogP contribution in [0.5, 0.6) is 0 Å². The minimum absolute atomic E-state index is 0.0705. The third-order valence-corrected chi connectivity index (χ3v) is 3.33. The Morgan fingerprint density at radius 3 is 2.42 bits per heavy atom. The molecule has 1 heterocycles. The molecule has 1 fully saturated rings. The second-order valence-electron chi connectivity index (χ2n) is 4.61. The molecule has 102 valence electrons. The van der Waals surface area contributed by atoms with Gasteiger partial charge in [-0.2, -0.15) is 0 Å². The molecule has 1 saturated heterocycles. The number of benzene rings is 1. The fourth-order valence-corrected chi connectivity index (χ4v) is 2.24. The van der Waals surface area contributed by atoms with E-state index < -0.39 is 12.0 Å². The van der Waals surface area contributed by atoms with Gasteiger partial charge in [0.2, 0.25) is 0 Å². The van der Waals surface area contributed by atoms with Crippen LogP contribution in [0, 0.1) is 5.92 Å². The highest BCUT2D eigenvalue weighted by Crippen LogP contribution is 2.19. The molecule has 1 unspecified atom stereocenters. The van der Waals surface area contributed by atoms with Crippen LogP contribution >= 0.6 is 0 Å². The summed E-state index contributed by atoms with van der Waals surface area (Å²) < 4.78 is 5.21. The molecule has 2 rings (SSSR count). The van der Waals surface area contributed by atoms with Gasteiger partial charge in [0.25, 0.3) is 5.91 Å². The zero-order chi connectivity index (χ0) is 13.7. The third-order valence-electron chi connectivity index (χ3n) is 3.33. The fourth-order valence-electron chi connectivity index (χ4n) is 2.24. The molecule has 1 aliphatic heterocycles. The number of carbonyl (C=O) groups excluding carboxylic acids is 1. The first-order valence-corrected chi connectivity index (χ1v) is 6.35. The van der Waals surface area contributed by atoms with Crippen molar-refractivity contribution in [1.82, 2.24) is 5.32 Å². The zero-order valence-corrected chi connectivity index (χ0v) is 10.5. The summed E-state index contributed by atoms with van der Waals surface area (Å²) in [4.78, 5) is 23.3. The van der Waals surface area contributed by atoms with Crippen LogP contribution in [0.4, 0.5) is 0 Å². The Labute approximate surface area is 111 Å². The minimum Gasteiger partial charge on any atom is -0.480 e. The van der Waals surface area contributed by atoms with E-state index in [1.54, 1.807) is 24.3 Å². The number of aliphatic carboxylic acids is 1. The van der Waals surface area contributed by atoms with E-state index in [9.17, 15) is 14.7 Å². The van der Waals surface area contributed by atoms with Crippen LogP contribution in [0.2, 0.25) is 0 Å². The van der Waals surface area contributed by atoms with Gasteiger partial charge in [-0.3, -0.25) is 4.79 Å². The van der Waals surface area contributed by atoms with Gasteiger partial charge in [-0.15, -0.1) is 0 Å². The van der Waals surface area contributed by atoms with Crippen LogP contribution in [-0.4, -0.2) is 36.2 Å². The van der Waals surface area contributed by atoms with Crippen molar-refractivity contribution in [2.45, 2.75) is 18.9 Å². The summed E-state index contributed by atoms with van der Waals surface area (Å²) in [5.41, 5.74) is 0.473. The molecule has 1 aromatic rings. The van der Waals surface area contributed by atoms with Crippen LogP contribution in [0.25, 0.3) is 0 Å². The van der Waals surface area contributed by atoms with Gasteiger partial charge in [0.1, 0.15) is 6.04 Å². The maximum Gasteiger partial charge on any atom is 0.326 e. The summed E-state index contributed by atoms with van der Waals surface area (Å²) in [6.07, 6.45) is 1.32. The highest BCUT2D eigenvalue weighted by Gasteiger charge is 2.31. The molecule has 1 aromatic carbocycles. The number of nitrogens with one attached hydrogen (secondary N) is 1. The lowest BCUT2D eigenvalue weighted by Gasteiger charge is -2.28. The van der Waals surface area contributed by atoms with Crippen LogP contribution in [0.1, 0.15) is 23.2 Å². The van der Waals surface area contributed by atoms with E-state index in [0.29, 0.717) is 31.6 Å². The highest BCUT2D eigenvalue weighted by atomic mass is 16.5. The number of ether oxygens (including phenoxy) is 1. The zero-order valence-electron chi connectivity index (χ0n) is 10.5. The van der Waals surface area contributed by atoms with Gasteiger partial charge in [0.15, 0.2) is 0 Å². The Hall–Kier alpha value is -1.88. The molecular weight excluding hydrogens is 246 g/mol. The number of carboxylic acid groups (broad SMARTS) is 1. The summed E-state index contributed by atoms with van der Waals surface area (Å²) >= 11 is 0. The van der Waals surface area contributed by atoms with E-state index >= 15 is 0 Å². The van der Waals surface area contributed by atoms with Gasteiger partial charge >= 0.3 is 5.97 Å². The van der Waals surface area contributed by atoms with Crippen molar-refractivity contribution in [3.63, 3.8) is 0 Å². The van der Waals surface area contributed by atoms with Gasteiger partial charge in [0, 0.05) is 18.8 Å². The molecule has 19 heavy (non-hydrogen) atoms. The van der Waals surface area contributed by atoms with Crippen molar-refractivity contribution < 1.29 is 19.4 Å². The number of hydrogen-bond acceptors (Lipinski definition) is 3. The summed E-state index contributed by atoms with van der Waals surface area (Å²) in [5.74, 6) is -1.41. The smallest absolute Gasteiger partial charge is 0.326 e. The standard InChI is InChI=1S/C14H17NO4/c16-13(11-4-2-1-3-5-11)15-12(14(17)18)10-6-8-19-9-7-10/h1-5,10,12H,6-9H2,(H,15,16)(H,17,18). The van der Waals surface area contributed by atoms with E-state index in [0.717, 1.165) is 0 Å². The largest absolute Gasteiger partial charge is 0.480 e. The predicted molar refractivity (Wildman–Crippen MR) is 68.9 cm³/mol. The fraction of sp³-hybridized carbons (Fsp3) is 0.429. The molecule has 0 spiro atoms. The molecule has 1 atom stereocenters. The average Bonchev–Trinajstić information content (AvgIpc) is 2.46. The van der Waals surface area contributed by atoms with Crippen molar-refractivity contribution in [3.8, 4) is 0 Å². The van der Waals surface area contributed by atoms with Gasteiger partial charge in [0.05, 0.1) is 0 Å². The molecule has 1 amide bonds.